The molecular weight excluding hydrogens is 294 g/mol. The van der Waals surface area contributed by atoms with Crippen LogP contribution in [0.25, 0.3) is 0 Å². The summed E-state index contributed by atoms with van der Waals surface area (Å²) in [4.78, 5) is 28.7. The van der Waals surface area contributed by atoms with E-state index in [1.165, 1.54) is 6.92 Å². The number of aliphatic hydroxyl groups excluding tert-OH is 1. The van der Waals surface area contributed by atoms with Crippen LogP contribution in [0.2, 0.25) is 0 Å². The van der Waals surface area contributed by atoms with Crippen molar-refractivity contribution in [1.82, 2.24) is 15.1 Å². The van der Waals surface area contributed by atoms with Gasteiger partial charge < -0.3 is 15.3 Å². The van der Waals surface area contributed by atoms with E-state index in [1.54, 1.807) is 0 Å². The molecule has 0 unspecified atom stereocenters. The van der Waals surface area contributed by atoms with Gasteiger partial charge in [-0.25, -0.2) is 0 Å². The molecule has 1 aliphatic carbocycles. The van der Waals surface area contributed by atoms with Crippen molar-refractivity contribution in [1.29, 1.82) is 0 Å². The lowest BCUT2D eigenvalue weighted by Crippen LogP contribution is -2.63. The molecule has 132 valence electrons. The summed E-state index contributed by atoms with van der Waals surface area (Å²) >= 11 is 0. The van der Waals surface area contributed by atoms with Gasteiger partial charge in [0.25, 0.3) is 0 Å². The van der Waals surface area contributed by atoms with E-state index in [0.717, 1.165) is 51.6 Å². The van der Waals surface area contributed by atoms with Crippen molar-refractivity contribution in [2.24, 2.45) is 0 Å². The van der Waals surface area contributed by atoms with Crippen molar-refractivity contribution in [2.75, 3.05) is 32.7 Å². The highest BCUT2D eigenvalue weighted by Gasteiger charge is 2.43. The maximum atomic E-state index is 13.0. The standard InChI is InChI=1S/C17H31N3O3/c1-3-15(22)13-19-9-11-20(12-10-19)16(23)17(18-14(2)21)7-5-4-6-8-17/h15,22H,3-13H2,1-2H3,(H,18,21)/t15-/m0/s1. The van der Waals surface area contributed by atoms with Gasteiger partial charge in [-0.3, -0.25) is 14.5 Å². The maximum Gasteiger partial charge on any atom is 0.248 e. The average molecular weight is 325 g/mol. The molecule has 1 saturated carbocycles. The Morgan fingerprint density at radius 3 is 2.26 bits per heavy atom. The number of hydrogen-bond donors (Lipinski definition) is 2. The van der Waals surface area contributed by atoms with E-state index in [0.29, 0.717) is 19.6 Å². The molecule has 2 fully saturated rings. The van der Waals surface area contributed by atoms with Gasteiger partial charge in [-0.15, -0.1) is 0 Å². The van der Waals surface area contributed by atoms with Crippen LogP contribution in [-0.4, -0.2) is 71.1 Å². The SMILES string of the molecule is CC[C@H](O)CN1CCN(C(=O)C2(NC(C)=O)CCCCC2)CC1. The Morgan fingerprint density at radius 1 is 1.13 bits per heavy atom. The Labute approximate surface area is 139 Å². The third kappa shape index (κ3) is 4.67. The summed E-state index contributed by atoms with van der Waals surface area (Å²) in [5.74, 6) is -0.0342. The topological polar surface area (TPSA) is 72.9 Å². The third-order valence-corrected chi connectivity index (χ3v) is 5.13. The number of nitrogens with one attached hydrogen (secondary N) is 1. The molecule has 1 saturated heterocycles. The largest absolute Gasteiger partial charge is 0.392 e. The van der Waals surface area contributed by atoms with Crippen LogP contribution in [-0.2, 0) is 9.59 Å². The summed E-state index contributed by atoms with van der Waals surface area (Å²) in [6, 6.07) is 0. The molecule has 2 N–H and O–H groups in total. The fourth-order valence-electron chi connectivity index (χ4n) is 3.75. The maximum absolute atomic E-state index is 13.0. The summed E-state index contributed by atoms with van der Waals surface area (Å²) in [6.07, 6.45) is 5.09. The van der Waals surface area contributed by atoms with Crippen molar-refractivity contribution >= 4 is 11.8 Å². The summed E-state index contributed by atoms with van der Waals surface area (Å²) in [5, 5.41) is 12.7. The first-order chi connectivity index (χ1) is 11.0. The number of rotatable bonds is 5. The Morgan fingerprint density at radius 2 is 1.74 bits per heavy atom. The second-order valence-corrected chi connectivity index (χ2v) is 6.98. The van der Waals surface area contributed by atoms with Crippen LogP contribution in [0.1, 0.15) is 52.4 Å². The van der Waals surface area contributed by atoms with Crippen molar-refractivity contribution in [2.45, 2.75) is 64.0 Å². The van der Waals surface area contributed by atoms with Crippen LogP contribution < -0.4 is 5.32 Å². The first kappa shape index (κ1) is 18.2. The zero-order chi connectivity index (χ0) is 16.9. The number of β-amino-alcohol motifs (C(OH)–C–C–N with tert-alkyl or cyclic N) is 1. The monoisotopic (exact) mass is 325 g/mol. The van der Waals surface area contributed by atoms with Crippen LogP contribution >= 0.6 is 0 Å². The highest BCUT2D eigenvalue weighted by molar-refractivity contribution is 5.91. The highest BCUT2D eigenvalue weighted by Crippen LogP contribution is 2.30. The molecule has 1 atom stereocenters. The van der Waals surface area contributed by atoms with E-state index in [1.807, 2.05) is 11.8 Å². The van der Waals surface area contributed by atoms with E-state index in [-0.39, 0.29) is 17.9 Å². The first-order valence-electron chi connectivity index (χ1n) is 8.95. The molecule has 2 amide bonds. The Kier molecular flexibility index (Phi) is 6.41. The molecule has 23 heavy (non-hydrogen) atoms. The second-order valence-electron chi connectivity index (χ2n) is 6.98. The molecule has 0 bridgehead atoms. The highest BCUT2D eigenvalue weighted by atomic mass is 16.3. The van der Waals surface area contributed by atoms with Crippen LogP contribution in [0.4, 0.5) is 0 Å². The van der Waals surface area contributed by atoms with Crippen LogP contribution in [0.3, 0.4) is 0 Å². The smallest absolute Gasteiger partial charge is 0.248 e. The van der Waals surface area contributed by atoms with Gasteiger partial charge in [-0.05, 0) is 19.3 Å². The number of aliphatic hydroxyl groups is 1. The van der Waals surface area contributed by atoms with E-state index >= 15 is 0 Å². The van der Waals surface area contributed by atoms with Crippen LogP contribution in [0.5, 0.6) is 0 Å². The molecule has 0 aromatic heterocycles. The van der Waals surface area contributed by atoms with E-state index < -0.39 is 5.54 Å². The van der Waals surface area contributed by atoms with Gasteiger partial charge in [0.2, 0.25) is 11.8 Å². The van der Waals surface area contributed by atoms with Gasteiger partial charge in [-0.2, -0.15) is 0 Å². The minimum Gasteiger partial charge on any atom is -0.392 e. The summed E-state index contributed by atoms with van der Waals surface area (Å²) in [6.45, 7) is 7.08. The van der Waals surface area contributed by atoms with E-state index in [4.69, 9.17) is 0 Å². The summed E-state index contributed by atoms with van der Waals surface area (Å²) in [5.41, 5.74) is -0.685. The molecule has 0 radical (unpaired) electrons. The van der Waals surface area contributed by atoms with E-state index in [9.17, 15) is 14.7 Å². The predicted molar refractivity (Wildman–Crippen MR) is 89.0 cm³/mol. The van der Waals surface area contributed by atoms with Gasteiger partial charge >= 0.3 is 0 Å². The Balaban J connectivity index is 1.95. The number of piperazine rings is 1. The average Bonchev–Trinajstić information content (AvgIpc) is 2.55. The normalized spacial score (nSPS) is 23.3. The molecule has 2 aliphatic rings. The van der Waals surface area contributed by atoms with Crippen molar-refractivity contribution in [3.05, 3.63) is 0 Å². The van der Waals surface area contributed by atoms with Crippen molar-refractivity contribution in [3.8, 4) is 0 Å². The fourth-order valence-corrected chi connectivity index (χ4v) is 3.75. The number of carbonyl (C=O) groups excluding carboxylic acids is 2. The molecule has 2 rings (SSSR count). The summed E-state index contributed by atoms with van der Waals surface area (Å²) in [7, 11) is 0. The molecule has 0 aromatic rings. The van der Waals surface area contributed by atoms with E-state index in [2.05, 4.69) is 10.2 Å². The lowest BCUT2D eigenvalue weighted by atomic mass is 9.80. The Hall–Kier alpha value is -1.14. The third-order valence-electron chi connectivity index (χ3n) is 5.13. The predicted octanol–water partition coefficient (Wildman–Crippen LogP) is 0.740. The molecule has 1 aliphatic heterocycles. The van der Waals surface area contributed by atoms with Crippen LogP contribution in [0.15, 0.2) is 0 Å². The van der Waals surface area contributed by atoms with Gasteiger partial charge in [0, 0.05) is 39.6 Å². The fraction of sp³-hybridized carbons (Fsp3) is 0.882. The van der Waals surface area contributed by atoms with Crippen molar-refractivity contribution < 1.29 is 14.7 Å². The first-order valence-corrected chi connectivity index (χ1v) is 8.95. The minimum atomic E-state index is -0.685. The van der Waals surface area contributed by atoms with Crippen LogP contribution in [0, 0.1) is 0 Å². The van der Waals surface area contributed by atoms with Gasteiger partial charge in [0.05, 0.1) is 6.10 Å². The van der Waals surface area contributed by atoms with Crippen molar-refractivity contribution in [3.63, 3.8) is 0 Å². The number of carbonyl (C=O) groups is 2. The number of amides is 2. The lowest BCUT2D eigenvalue weighted by molar-refractivity contribution is -0.144. The summed E-state index contributed by atoms with van der Waals surface area (Å²) < 4.78 is 0. The molecule has 0 aromatic carbocycles. The molecule has 0 spiro atoms. The Bertz CT molecular complexity index is 413. The molecule has 1 heterocycles. The minimum absolute atomic E-state index is 0.0862. The molecular formula is C17H31N3O3. The second kappa shape index (κ2) is 8.11. The molecule has 6 heteroatoms. The van der Waals surface area contributed by atoms with Gasteiger partial charge in [-0.1, -0.05) is 26.2 Å². The number of nitrogens with zero attached hydrogens (tertiary/aromatic N) is 2. The zero-order valence-electron chi connectivity index (χ0n) is 14.5. The molecule has 6 nitrogen and oxygen atoms in total. The number of hydrogen-bond acceptors (Lipinski definition) is 4. The zero-order valence-corrected chi connectivity index (χ0v) is 14.5. The van der Waals surface area contributed by atoms with Gasteiger partial charge in [0.15, 0.2) is 0 Å². The van der Waals surface area contributed by atoms with Gasteiger partial charge in [0.1, 0.15) is 5.54 Å². The quantitative estimate of drug-likeness (QED) is 0.782. The lowest BCUT2D eigenvalue weighted by Gasteiger charge is -2.43.